The molecule has 5 rings (SSSR count). The fourth-order valence-corrected chi connectivity index (χ4v) is 7.19. The van der Waals surface area contributed by atoms with E-state index in [4.69, 9.17) is 23.2 Å². The smallest absolute Gasteiger partial charge is 0.259 e. The van der Waals surface area contributed by atoms with Crippen molar-refractivity contribution in [2.75, 3.05) is 26.7 Å². The van der Waals surface area contributed by atoms with Crippen LogP contribution < -0.4 is 10.0 Å². The van der Waals surface area contributed by atoms with Gasteiger partial charge in [0.2, 0.25) is 10.0 Å². The summed E-state index contributed by atoms with van der Waals surface area (Å²) in [6.45, 7) is 2.53. The molecular formula is C30H31Cl2N3O4S. The van der Waals surface area contributed by atoms with Crippen LogP contribution in [0.1, 0.15) is 68.5 Å². The molecule has 0 radical (unpaired) electrons. The topological polar surface area (TPSA) is 95.6 Å². The van der Waals surface area contributed by atoms with Crippen molar-refractivity contribution in [1.82, 2.24) is 14.9 Å². The summed E-state index contributed by atoms with van der Waals surface area (Å²) in [4.78, 5) is 27.5. The highest BCUT2D eigenvalue weighted by Gasteiger charge is 2.31. The predicted octanol–water partition coefficient (Wildman–Crippen LogP) is 5.38. The number of rotatable bonds is 9. The number of likely N-dealkylation sites (tertiary alicyclic amines) is 1. The quantitative estimate of drug-likeness (QED) is 0.322. The van der Waals surface area contributed by atoms with Crippen LogP contribution in [0, 0.1) is 0 Å². The van der Waals surface area contributed by atoms with Crippen molar-refractivity contribution < 1.29 is 18.0 Å². The van der Waals surface area contributed by atoms with E-state index in [9.17, 15) is 18.0 Å². The van der Waals surface area contributed by atoms with Gasteiger partial charge in [0, 0.05) is 0 Å². The fourth-order valence-electron chi connectivity index (χ4n) is 5.86. The van der Waals surface area contributed by atoms with Crippen LogP contribution in [0.5, 0.6) is 0 Å². The number of imide groups is 1. The van der Waals surface area contributed by atoms with E-state index in [0.717, 1.165) is 55.6 Å². The van der Waals surface area contributed by atoms with Gasteiger partial charge < -0.3 is 4.90 Å². The molecule has 7 nitrogen and oxygen atoms in total. The van der Waals surface area contributed by atoms with Crippen molar-refractivity contribution in [1.29, 1.82) is 0 Å². The third-order valence-corrected chi connectivity index (χ3v) is 10.3. The standard InChI is InChI=1S/C30H31Cl2N3O4S/c1-33-40(38,39)27-8-3-2-6-23(27)19-11-14-35(15-12-19)16-13-21(20-9-10-25(31)26(32)18-20)17-22-5-4-7-24-28(22)30(37)34-29(24)36/h2-10,18-19,21,33H,11-17H2,1H3,(H,34,36,37)/t21-/m1/s1. The van der Waals surface area contributed by atoms with Crippen LogP contribution in [-0.2, 0) is 16.4 Å². The van der Waals surface area contributed by atoms with Crippen molar-refractivity contribution >= 4 is 45.0 Å². The van der Waals surface area contributed by atoms with E-state index in [-0.39, 0.29) is 23.7 Å². The second-order valence-corrected chi connectivity index (χ2v) is 13.0. The summed E-state index contributed by atoms with van der Waals surface area (Å²) in [6, 6.07) is 18.3. The number of nitrogens with zero attached hydrogens (tertiary/aromatic N) is 1. The number of nitrogens with one attached hydrogen (secondary N) is 2. The predicted molar refractivity (Wildman–Crippen MR) is 157 cm³/mol. The van der Waals surface area contributed by atoms with Crippen LogP contribution in [0.4, 0.5) is 0 Å². The molecular weight excluding hydrogens is 569 g/mol. The van der Waals surface area contributed by atoms with E-state index in [1.807, 2.05) is 36.4 Å². The second kappa shape index (κ2) is 12.0. The first-order chi connectivity index (χ1) is 19.2. The molecule has 2 N–H and O–H groups in total. The third-order valence-electron chi connectivity index (χ3n) is 8.03. The van der Waals surface area contributed by atoms with Crippen LogP contribution in [0.25, 0.3) is 0 Å². The SMILES string of the molecule is CNS(=O)(=O)c1ccccc1C1CCN(CC[C@H](Cc2cccc3c2C(=O)NC3=O)c2ccc(Cl)c(Cl)c2)CC1. The first kappa shape index (κ1) is 28.8. The first-order valence-electron chi connectivity index (χ1n) is 13.3. The summed E-state index contributed by atoms with van der Waals surface area (Å²) < 4.78 is 27.6. The maximum atomic E-state index is 12.6. The Morgan fingerprint density at radius 3 is 2.45 bits per heavy atom. The van der Waals surface area contributed by atoms with Crippen molar-refractivity contribution in [3.63, 3.8) is 0 Å². The highest BCUT2D eigenvalue weighted by atomic mass is 35.5. The lowest BCUT2D eigenvalue weighted by molar-refractivity contribution is 0.0879. The summed E-state index contributed by atoms with van der Waals surface area (Å²) in [7, 11) is -2.09. The zero-order valence-corrected chi connectivity index (χ0v) is 24.5. The van der Waals surface area contributed by atoms with Crippen LogP contribution in [0.3, 0.4) is 0 Å². The molecule has 2 amide bonds. The minimum atomic E-state index is -3.53. The summed E-state index contributed by atoms with van der Waals surface area (Å²) in [5, 5.41) is 3.37. The number of fused-ring (bicyclic) bond motifs is 1. The molecule has 2 aliphatic heterocycles. The lowest BCUT2D eigenvalue weighted by Gasteiger charge is -2.34. The van der Waals surface area contributed by atoms with Crippen LogP contribution in [-0.4, -0.2) is 51.8 Å². The average molecular weight is 601 g/mol. The molecule has 3 aromatic rings. The normalized spacial score (nSPS) is 17.1. The number of piperidine rings is 1. The number of amides is 2. The molecule has 1 fully saturated rings. The van der Waals surface area contributed by atoms with Crippen LogP contribution >= 0.6 is 23.2 Å². The summed E-state index contributed by atoms with van der Waals surface area (Å²) in [5.74, 6) is -0.501. The lowest BCUT2D eigenvalue weighted by atomic mass is 9.86. The Morgan fingerprint density at radius 1 is 0.975 bits per heavy atom. The van der Waals surface area contributed by atoms with Gasteiger partial charge in [0.15, 0.2) is 0 Å². The van der Waals surface area contributed by atoms with Gasteiger partial charge >= 0.3 is 0 Å². The Labute approximate surface area is 244 Å². The largest absolute Gasteiger partial charge is 0.303 e. The number of carbonyl (C=O) groups excluding carboxylic acids is 2. The number of halogens is 2. The number of hydrogen-bond acceptors (Lipinski definition) is 5. The van der Waals surface area contributed by atoms with Gasteiger partial charge in [-0.1, -0.05) is 59.6 Å². The molecule has 0 aromatic heterocycles. The Morgan fingerprint density at radius 2 is 1.73 bits per heavy atom. The molecule has 2 aliphatic rings. The zero-order chi connectivity index (χ0) is 28.4. The molecule has 40 heavy (non-hydrogen) atoms. The summed E-state index contributed by atoms with van der Waals surface area (Å²) in [6.07, 6.45) is 3.12. The van der Waals surface area contributed by atoms with E-state index in [1.165, 1.54) is 7.05 Å². The fraction of sp³-hybridized carbons (Fsp3) is 0.333. The second-order valence-electron chi connectivity index (χ2n) is 10.3. The number of sulfonamides is 1. The Bertz CT molecular complexity index is 1550. The minimum Gasteiger partial charge on any atom is -0.303 e. The van der Waals surface area contributed by atoms with E-state index in [0.29, 0.717) is 32.5 Å². The van der Waals surface area contributed by atoms with Crippen molar-refractivity contribution in [2.24, 2.45) is 0 Å². The van der Waals surface area contributed by atoms with Gasteiger partial charge in [0.25, 0.3) is 11.8 Å². The van der Waals surface area contributed by atoms with Gasteiger partial charge in [-0.2, -0.15) is 0 Å². The van der Waals surface area contributed by atoms with Crippen molar-refractivity contribution in [3.05, 3.63) is 98.5 Å². The Hall–Kier alpha value is -2.75. The van der Waals surface area contributed by atoms with E-state index >= 15 is 0 Å². The van der Waals surface area contributed by atoms with Crippen LogP contribution in [0.2, 0.25) is 10.0 Å². The van der Waals surface area contributed by atoms with E-state index in [2.05, 4.69) is 14.9 Å². The molecule has 1 atom stereocenters. The van der Waals surface area contributed by atoms with Gasteiger partial charge in [-0.3, -0.25) is 14.9 Å². The molecule has 0 unspecified atom stereocenters. The summed E-state index contributed by atoms with van der Waals surface area (Å²) >= 11 is 12.6. The van der Waals surface area contributed by atoms with Gasteiger partial charge in [0.05, 0.1) is 26.1 Å². The molecule has 0 saturated carbocycles. The molecule has 3 aromatic carbocycles. The van der Waals surface area contributed by atoms with Gasteiger partial charge in [0.1, 0.15) is 0 Å². The van der Waals surface area contributed by atoms with E-state index < -0.39 is 10.0 Å². The zero-order valence-electron chi connectivity index (χ0n) is 22.1. The third kappa shape index (κ3) is 5.97. The maximum Gasteiger partial charge on any atom is 0.259 e. The minimum absolute atomic E-state index is 0.0454. The molecule has 10 heteroatoms. The van der Waals surface area contributed by atoms with Crippen molar-refractivity contribution in [3.8, 4) is 0 Å². The average Bonchev–Trinajstić information content (AvgIpc) is 3.26. The number of carbonyl (C=O) groups is 2. The highest BCUT2D eigenvalue weighted by molar-refractivity contribution is 7.89. The molecule has 210 valence electrons. The Kier molecular flexibility index (Phi) is 8.63. The summed E-state index contributed by atoms with van der Waals surface area (Å²) in [5.41, 5.74) is 3.60. The van der Waals surface area contributed by atoms with Gasteiger partial charge in [-0.25, -0.2) is 13.1 Å². The Balaban J connectivity index is 1.31. The molecule has 0 bridgehead atoms. The molecule has 1 saturated heterocycles. The highest BCUT2D eigenvalue weighted by Crippen LogP contribution is 2.35. The first-order valence-corrected chi connectivity index (χ1v) is 15.6. The lowest BCUT2D eigenvalue weighted by Crippen LogP contribution is -2.35. The maximum absolute atomic E-state index is 12.6. The molecule has 0 spiro atoms. The van der Waals surface area contributed by atoms with Gasteiger partial charge in [-0.15, -0.1) is 0 Å². The van der Waals surface area contributed by atoms with Gasteiger partial charge in [-0.05, 0) is 105 Å². The number of hydrogen-bond donors (Lipinski definition) is 2. The van der Waals surface area contributed by atoms with E-state index in [1.54, 1.807) is 24.3 Å². The number of benzene rings is 3. The molecule has 0 aliphatic carbocycles. The van der Waals surface area contributed by atoms with Crippen LogP contribution in [0.15, 0.2) is 65.6 Å². The van der Waals surface area contributed by atoms with Crippen molar-refractivity contribution in [2.45, 2.75) is 42.4 Å². The molecule has 2 heterocycles. The monoisotopic (exact) mass is 599 g/mol.